The lowest BCUT2D eigenvalue weighted by Crippen LogP contribution is -2.47. The molecule has 1 aromatic heterocycles. The van der Waals surface area contributed by atoms with Gasteiger partial charge in [0.15, 0.2) is 11.5 Å². The van der Waals surface area contributed by atoms with Crippen LogP contribution in [0.5, 0.6) is 11.5 Å². The van der Waals surface area contributed by atoms with E-state index in [1.54, 1.807) is 31.3 Å². The number of anilines is 1. The largest absolute Gasteiger partial charge is 0.493 e. The summed E-state index contributed by atoms with van der Waals surface area (Å²) in [5.41, 5.74) is 1.83. The number of rotatable bonds is 8. The van der Waals surface area contributed by atoms with Crippen LogP contribution in [-0.4, -0.2) is 48.0 Å². The Morgan fingerprint density at radius 3 is 2.79 bits per heavy atom. The number of nitrogens with zero attached hydrogens (tertiary/aromatic N) is 2. The van der Waals surface area contributed by atoms with E-state index in [1.807, 2.05) is 38.1 Å². The molecule has 0 saturated heterocycles. The fourth-order valence-electron chi connectivity index (χ4n) is 3.42. The maximum Gasteiger partial charge on any atom is 0.246 e. The zero-order valence-electron chi connectivity index (χ0n) is 20.8. The molecule has 0 aliphatic carbocycles. The van der Waals surface area contributed by atoms with Crippen LogP contribution < -0.4 is 20.1 Å². The Labute approximate surface area is 201 Å². The van der Waals surface area contributed by atoms with Gasteiger partial charge in [0, 0.05) is 43.5 Å². The molecule has 1 aliphatic rings. The highest BCUT2D eigenvalue weighted by Gasteiger charge is 2.30. The molecule has 1 aliphatic heterocycles. The van der Waals surface area contributed by atoms with Gasteiger partial charge in [-0.3, -0.25) is 14.9 Å². The number of likely N-dealkylation sites (N-methyl/N-ethyl adjacent to an activating group) is 1. The number of hydrogen-bond donors (Lipinski definition) is 2. The van der Waals surface area contributed by atoms with Crippen LogP contribution in [0.1, 0.15) is 44.4 Å². The molecule has 34 heavy (non-hydrogen) atoms. The highest BCUT2D eigenvalue weighted by Crippen LogP contribution is 2.32. The van der Waals surface area contributed by atoms with Crippen molar-refractivity contribution in [3.05, 3.63) is 53.2 Å². The van der Waals surface area contributed by atoms with Crippen LogP contribution in [0.3, 0.4) is 0 Å². The standard InChI is InChI=1S/C26H34N4O4/c1-17(2)16-34-23-19(8-7-9-21(23)33-6)15-30(5)22(31)11-10-18-12-20-14-28-26(3,4)25(32)29-24(20)27-13-18/h7-13,17,28H,14-16H2,1-6H3,(H,27,29,32)/b11-10+. The summed E-state index contributed by atoms with van der Waals surface area (Å²) in [5.74, 6) is 1.93. The number of hydrogen-bond acceptors (Lipinski definition) is 6. The van der Waals surface area contributed by atoms with E-state index < -0.39 is 5.54 Å². The topological polar surface area (TPSA) is 92.8 Å². The maximum absolute atomic E-state index is 12.8. The van der Waals surface area contributed by atoms with E-state index in [1.165, 1.54) is 6.08 Å². The smallest absolute Gasteiger partial charge is 0.246 e. The van der Waals surface area contributed by atoms with E-state index >= 15 is 0 Å². The number of pyridine rings is 1. The summed E-state index contributed by atoms with van der Waals surface area (Å²) in [5, 5.41) is 6.07. The van der Waals surface area contributed by atoms with Gasteiger partial charge in [-0.05, 0) is 43.5 Å². The highest BCUT2D eigenvalue weighted by atomic mass is 16.5. The lowest BCUT2D eigenvalue weighted by Gasteiger charge is -2.21. The lowest BCUT2D eigenvalue weighted by molar-refractivity contribution is -0.125. The third-order valence-electron chi connectivity index (χ3n) is 5.55. The maximum atomic E-state index is 12.8. The van der Waals surface area contributed by atoms with Crippen molar-refractivity contribution < 1.29 is 19.1 Å². The van der Waals surface area contributed by atoms with Gasteiger partial charge in [-0.25, -0.2) is 4.98 Å². The van der Waals surface area contributed by atoms with Crippen LogP contribution in [0.4, 0.5) is 5.82 Å². The highest BCUT2D eigenvalue weighted by molar-refractivity contribution is 5.98. The van der Waals surface area contributed by atoms with Crippen LogP contribution in [-0.2, 0) is 22.7 Å². The van der Waals surface area contributed by atoms with Gasteiger partial charge in [0.25, 0.3) is 0 Å². The Morgan fingerprint density at radius 2 is 2.09 bits per heavy atom. The number of aromatic nitrogens is 1. The molecule has 1 aromatic carbocycles. The fraction of sp³-hybridized carbons (Fsp3) is 0.423. The van der Waals surface area contributed by atoms with E-state index in [-0.39, 0.29) is 11.8 Å². The van der Waals surface area contributed by atoms with Crippen molar-refractivity contribution in [3.63, 3.8) is 0 Å². The fourth-order valence-corrected chi connectivity index (χ4v) is 3.42. The summed E-state index contributed by atoms with van der Waals surface area (Å²) >= 11 is 0. The van der Waals surface area contributed by atoms with E-state index in [4.69, 9.17) is 9.47 Å². The third-order valence-corrected chi connectivity index (χ3v) is 5.55. The minimum absolute atomic E-state index is 0.131. The Balaban J connectivity index is 1.71. The molecule has 0 radical (unpaired) electrons. The summed E-state index contributed by atoms with van der Waals surface area (Å²) in [6.45, 7) is 9.24. The number of methoxy groups -OCH3 is 1. The van der Waals surface area contributed by atoms with Crippen molar-refractivity contribution in [1.29, 1.82) is 0 Å². The molecule has 0 bridgehead atoms. The average molecular weight is 467 g/mol. The predicted octanol–water partition coefficient (Wildman–Crippen LogP) is 3.62. The summed E-state index contributed by atoms with van der Waals surface area (Å²) in [6, 6.07) is 7.59. The Hall–Kier alpha value is -3.39. The second kappa shape index (κ2) is 10.7. The van der Waals surface area contributed by atoms with Gasteiger partial charge in [0.05, 0.1) is 19.3 Å². The predicted molar refractivity (Wildman–Crippen MR) is 133 cm³/mol. The molecular formula is C26H34N4O4. The van der Waals surface area contributed by atoms with Crippen molar-refractivity contribution in [2.45, 2.75) is 46.3 Å². The Bertz CT molecular complexity index is 1080. The number of para-hydroxylation sites is 1. The number of ether oxygens (including phenoxy) is 2. The van der Waals surface area contributed by atoms with Crippen LogP contribution >= 0.6 is 0 Å². The first-order chi connectivity index (χ1) is 16.1. The van der Waals surface area contributed by atoms with Crippen molar-refractivity contribution in [2.24, 2.45) is 5.92 Å². The van der Waals surface area contributed by atoms with Gasteiger partial charge < -0.3 is 19.7 Å². The minimum Gasteiger partial charge on any atom is -0.493 e. The molecule has 8 nitrogen and oxygen atoms in total. The molecular weight excluding hydrogens is 432 g/mol. The first-order valence-corrected chi connectivity index (χ1v) is 11.4. The molecule has 3 rings (SSSR count). The van der Waals surface area contributed by atoms with Crippen LogP contribution in [0, 0.1) is 5.92 Å². The molecule has 0 unspecified atom stereocenters. The number of carbonyl (C=O) groups excluding carboxylic acids is 2. The van der Waals surface area contributed by atoms with Crippen molar-refractivity contribution >= 4 is 23.7 Å². The molecule has 0 spiro atoms. The minimum atomic E-state index is -0.687. The monoisotopic (exact) mass is 466 g/mol. The number of benzene rings is 1. The lowest BCUT2D eigenvalue weighted by atomic mass is 10.1. The zero-order chi connectivity index (χ0) is 24.9. The summed E-state index contributed by atoms with van der Waals surface area (Å²) in [7, 11) is 3.35. The molecule has 2 heterocycles. The summed E-state index contributed by atoms with van der Waals surface area (Å²) < 4.78 is 11.4. The molecule has 0 atom stereocenters. The van der Waals surface area contributed by atoms with Gasteiger partial charge in [-0.15, -0.1) is 0 Å². The second-order valence-corrected chi connectivity index (χ2v) is 9.39. The van der Waals surface area contributed by atoms with Crippen LogP contribution in [0.25, 0.3) is 6.08 Å². The molecule has 2 aromatic rings. The molecule has 8 heteroatoms. The first-order valence-electron chi connectivity index (χ1n) is 11.4. The first kappa shape index (κ1) is 25.2. The quantitative estimate of drug-likeness (QED) is 0.578. The number of carbonyl (C=O) groups is 2. The third kappa shape index (κ3) is 6.14. The summed E-state index contributed by atoms with van der Waals surface area (Å²) in [6.07, 6.45) is 4.89. The number of fused-ring (bicyclic) bond motifs is 1. The van der Waals surface area contributed by atoms with Gasteiger partial charge >= 0.3 is 0 Å². The molecule has 182 valence electrons. The SMILES string of the molecule is COc1cccc(CN(C)C(=O)/C=C/c2cnc3c(c2)CNC(C)(C)C(=O)N3)c1OCC(C)C. The van der Waals surface area contributed by atoms with Gasteiger partial charge in [-0.1, -0.05) is 26.0 Å². The van der Waals surface area contributed by atoms with Gasteiger partial charge in [0.1, 0.15) is 5.82 Å². The number of nitrogens with one attached hydrogen (secondary N) is 2. The van der Waals surface area contributed by atoms with E-state index in [0.717, 1.165) is 16.7 Å². The molecule has 0 saturated carbocycles. The molecule has 2 amide bonds. The zero-order valence-corrected chi connectivity index (χ0v) is 20.8. The number of amides is 2. The normalized spacial score (nSPS) is 15.0. The van der Waals surface area contributed by atoms with Crippen LogP contribution in [0.15, 0.2) is 36.5 Å². The Morgan fingerprint density at radius 1 is 1.32 bits per heavy atom. The van der Waals surface area contributed by atoms with Crippen molar-refractivity contribution in [1.82, 2.24) is 15.2 Å². The van der Waals surface area contributed by atoms with E-state index in [9.17, 15) is 9.59 Å². The van der Waals surface area contributed by atoms with E-state index in [0.29, 0.717) is 42.9 Å². The van der Waals surface area contributed by atoms with Crippen molar-refractivity contribution in [2.75, 3.05) is 26.1 Å². The average Bonchev–Trinajstić information content (AvgIpc) is 2.91. The molecule has 0 fully saturated rings. The van der Waals surface area contributed by atoms with Gasteiger partial charge in [0.2, 0.25) is 11.8 Å². The molecule has 2 N–H and O–H groups in total. The van der Waals surface area contributed by atoms with Crippen LogP contribution in [0.2, 0.25) is 0 Å². The second-order valence-electron chi connectivity index (χ2n) is 9.39. The summed E-state index contributed by atoms with van der Waals surface area (Å²) in [4.78, 5) is 31.1. The Kier molecular flexibility index (Phi) is 7.94. The van der Waals surface area contributed by atoms with Gasteiger partial charge in [-0.2, -0.15) is 0 Å². The van der Waals surface area contributed by atoms with E-state index in [2.05, 4.69) is 29.5 Å². The van der Waals surface area contributed by atoms with Crippen molar-refractivity contribution in [3.8, 4) is 11.5 Å².